The van der Waals surface area contributed by atoms with Crippen LogP contribution < -0.4 is 14.8 Å². The summed E-state index contributed by atoms with van der Waals surface area (Å²) in [6.07, 6.45) is 1.48. The van der Waals surface area contributed by atoms with Crippen LogP contribution in [0.4, 0.5) is 5.69 Å². The fourth-order valence-electron chi connectivity index (χ4n) is 3.47. The summed E-state index contributed by atoms with van der Waals surface area (Å²) in [5.74, 6) is 0.0816. The summed E-state index contributed by atoms with van der Waals surface area (Å²) >= 11 is 0. The zero-order valence-corrected chi connectivity index (χ0v) is 21.5. The van der Waals surface area contributed by atoms with Crippen molar-refractivity contribution in [2.24, 2.45) is 0 Å². The Balaban J connectivity index is 1.73. The van der Waals surface area contributed by atoms with E-state index in [1.807, 2.05) is 19.1 Å². The van der Waals surface area contributed by atoms with E-state index in [1.165, 1.54) is 17.2 Å². The zero-order valence-electron chi connectivity index (χ0n) is 21.5. The number of nitriles is 1. The van der Waals surface area contributed by atoms with Gasteiger partial charge < -0.3 is 19.5 Å². The van der Waals surface area contributed by atoms with Crippen LogP contribution in [0.2, 0.25) is 0 Å². The predicted molar refractivity (Wildman–Crippen MR) is 142 cm³/mol. The average Bonchev–Trinajstić information content (AvgIpc) is 2.89. The molecule has 0 atom stereocenters. The second kappa shape index (κ2) is 12.9. The summed E-state index contributed by atoms with van der Waals surface area (Å²) in [6, 6.07) is 19.6. The molecule has 7 nitrogen and oxygen atoms in total. The second-order valence-corrected chi connectivity index (χ2v) is 8.27. The third-order valence-electron chi connectivity index (χ3n) is 5.56. The average molecular weight is 499 g/mol. The predicted octanol–water partition coefficient (Wildman–Crippen LogP) is 6.00. The maximum absolute atomic E-state index is 12.7. The second-order valence-electron chi connectivity index (χ2n) is 8.27. The van der Waals surface area contributed by atoms with Gasteiger partial charge in [-0.15, -0.1) is 0 Å². The molecule has 0 aliphatic heterocycles. The Labute approximate surface area is 217 Å². The zero-order chi connectivity index (χ0) is 26.8. The van der Waals surface area contributed by atoms with Gasteiger partial charge in [-0.25, -0.2) is 4.79 Å². The molecule has 0 fully saturated rings. The van der Waals surface area contributed by atoms with Crippen LogP contribution in [-0.4, -0.2) is 25.1 Å². The molecule has 0 aromatic heterocycles. The smallest absolute Gasteiger partial charge is 0.338 e. The van der Waals surface area contributed by atoms with Gasteiger partial charge in [-0.1, -0.05) is 24.3 Å². The van der Waals surface area contributed by atoms with Crippen LogP contribution in [0, 0.1) is 25.2 Å². The molecule has 0 radical (unpaired) electrons. The Bertz CT molecular complexity index is 1340. The summed E-state index contributed by atoms with van der Waals surface area (Å²) < 4.78 is 16.7. The first-order valence-corrected chi connectivity index (χ1v) is 12.0. The first kappa shape index (κ1) is 27.0. The number of hydrogen-bond donors (Lipinski definition) is 1. The van der Waals surface area contributed by atoms with Gasteiger partial charge in [0.05, 0.1) is 18.8 Å². The quantitative estimate of drug-likeness (QED) is 0.209. The Morgan fingerprint density at radius 1 is 0.892 bits per heavy atom. The highest BCUT2D eigenvalue weighted by atomic mass is 16.5. The Morgan fingerprint density at radius 2 is 1.65 bits per heavy atom. The minimum absolute atomic E-state index is 0.0827. The van der Waals surface area contributed by atoms with Crippen molar-refractivity contribution in [1.82, 2.24) is 0 Å². The summed E-state index contributed by atoms with van der Waals surface area (Å²) in [7, 11) is 0. The van der Waals surface area contributed by atoms with Crippen molar-refractivity contribution in [2.45, 2.75) is 34.3 Å². The van der Waals surface area contributed by atoms with E-state index in [4.69, 9.17) is 14.2 Å². The normalized spacial score (nSPS) is 10.8. The van der Waals surface area contributed by atoms with Gasteiger partial charge in [-0.3, -0.25) is 4.79 Å². The van der Waals surface area contributed by atoms with Crippen molar-refractivity contribution in [3.8, 4) is 17.6 Å². The fourth-order valence-corrected chi connectivity index (χ4v) is 3.47. The van der Waals surface area contributed by atoms with Gasteiger partial charge in [0.25, 0.3) is 5.91 Å². The summed E-state index contributed by atoms with van der Waals surface area (Å²) in [4.78, 5) is 24.5. The van der Waals surface area contributed by atoms with E-state index in [0.29, 0.717) is 41.5 Å². The number of carbonyl (C=O) groups is 2. The van der Waals surface area contributed by atoms with E-state index in [2.05, 4.69) is 31.3 Å². The Kier molecular flexibility index (Phi) is 9.45. The number of anilines is 1. The minimum Gasteiger partial charge on any atom is -0.490 e. The van der Waals surface area contributed by atoms with E-state index >= 15 is 0 Å². The molecule has 3 aromatic carbocycles. The number of aryl methyl sites for hydroxylation is 2. The largest absolute Gasteiger partial charge is 0.490 e. The van der Waals surface area contributed by atoms with Gasteiger partial charge in [0.2, 0.25) is 0 Å². The number of hydrogen-bond acceptors (Lipinski definition) is 6. The van der Waals surface area contributed by atoms with Gasteiger partial charge in [0.15, 0.2) is 11.5 Å². The Morgan fingerprint density at radius 3 is 2.30 bits per heavy atom. The molecular weight excluding hydrogens is 468 g/mol. The standard InChI is InChI=1S/C30H30N2O5/c1-5-35-28-17-22(9-14-27(28)37-19-23-8-7-20(3)21(4)15-23)16-25(18-31)29(33)32-26-12-10-24(11-13-26)30(34)36-6-2/h7-17H,5-6,19H2,1-4H3,(H,32,33)/b25-16+. The van der Waals surface area contributed by atoms with E-state index < -0.39 is 11.9 Å². The molecule has 0 saturated carbocycles. The number of benzene rings is 3. The van der Waals surface area contributed by atoms with Gasteiger partial charge in [0.1, 0.15) is 18.2 Å². The molecule has 0 aliphatic rings. The molecule has 1 amide bonds. The van der Waals surface area contributed by atoms with Crippen LogP contribution in [0.5, 0.6) is 11.5 Å². The SMILES string of the molecule is CCOC(=O)c1ccc(NC(=O)/C(C#N)=C/c2ccc(OCc3ccc(C)c(C)c3)c(OCC)c2)cc1. The van der Waals surface area contributed by atoms with Crippen molar-refractivity contribution in [3.63, 3.8) is 0 Å². The first-order chi connectivity index (χ1) is 17.8. The topological polar surface area (TPSA) is 97.7 Å². The van der Waals surface area contributed by atoms with E-state index in [9.17, 15) is 14.9 Å². The van der Waals surface area contributed by atoms with Crippen molar-refractivity contribution < 1.29 is 23.8 Å². The first-order valence-electron chi connectivity index (χ1n) is 12.0. The molecule has 0 spiro atoms. The third-order valence-corrected chi connectivity index (χ3v) is 5.56. The summed E-state index contributed by atoms with van der Waals surface area (Å²) in [5, 5.41) is 12.3. The lowest BCUT2D eigenvalue weighted by atomic mass is 10.1. The third kappa shape index (κ3) is 7.45. The van der Waals surface area contributed by atoms with E-state index in [-0.39, 0.29) is 12.2 Å². The van der Waals surface area contributed by atoms with Crippen molar-refractivity contribution >= 4 is 23.6 Å². The maximum Gasteiger partial charge on any atom is 0.338 e. The van der Waals surface area contributed by atoms with Crippen LogP contribution in [-0.2, 0) is 16.1 Å². The fraction of sp³-hybridized carbons (Fsp3) is 0.233. The summed E-state index contributed by atoms with van der Waals surface area (Å²) in [5.41, 5.74) is 4.83. The van der Waals surface area contributed by atoms with Gasteiger partial charge in [0, 0.05) is 5.69 Å². The van der Waals surface area contributed by atoms with Crippen LogP contribution in [0.3, 0.4) is 0 Å². The lowest BCUT2D eigenvalue weighted by Gasteiger charge is -2.13. The van der Waals surface area contributed by atoms with Gasteiger partial charge >= 0.3 is 5.97 Å². The molecule has 0 unspecified atom stereocenters. The Hall–Kier alpha value is -4.57. The molecule has 190 valence electrons. The highest BCUT2D eigenvalue weighted by molar-refractivity contribution is 6.09. The summed E-state index contributed by atoms with van der Waals surface area (Å²) in [6.45, 7) is 8.82. The molecule has 3 rings (SSSR count). The molecule has 7 heteroatoms. The van der Waals surface area contributed by atoms with Crippen LogP contribution in [0.1, 0.15) is 46.5 Å². The van der Waals surface area contributed by atoms with Crippen LogP contribution in [0.25, 0.3) is 6.08 Å². The lowest BCUT2D eigenvalue weighted by molar-refractivity contribution is -0.112. The van der Waals surface area contributed by atoms with Crippen LogP contribution in [0.15, 0.2) is 66.2 Å². The number of amides is 1. The number of nitrogens with zero attached hydrogens (tertiary/aromatic N) is 1. The number of carbonyl (C=O) groups excluding carboxylic acids is 2. The monoisotopic (exact) mass is 498 g/mol. The number of esters is 1. The molecule has 1 N–H and O–H groups in total. The van der Waals surface area contributed by atoms with Gasteiger partial charge in [-0.2, -0.15) is 5.26 Å². The lowest BCUT2D eigenvalue weighted by Crippen LogP contribution is -2.13. The highest BCUT2D eigenvalue weighted by Crippen LogP contribution is 2.30. The molecule has 0 heterocycles. The molecule has 0 bridgehead atoms. The van der Waals surface area contributed by atoms with E-state index in [0.717, 1.165) is 5.56 Å². The minimum atomic E-state index is -0.570. The highest BCUT2D eigenvalue weighted by Gasteiger charge is 2.13. The molecule has 0 saturated heterocycles. The molecule has 0 aliphatic carbocycles. The van der Waals surface area contributed by atoms with Crippen molar-refractivity contribution in [2.75, 3.05) is 18.5 Å². The van der Waals surface area contributed by atoms with Crippen LogP contribution >= 0.6 is 0 Å². The number of ether oxygens (including phenoxy) is 3. The molecular formula is C30H30N2O5. The maximum atomic E-state index is 12.7. The van der Waals surface area contributed by atoms with E-state index in [1.54, 1.807) is 49.4 Å². The van der Waals surface area contributed by atoms with Crippen molar-refractivity contribution in [1.29, 1.82) is 5.26 Å². The molecule has 3 aromatic rings. The molecule has 37 heavy (non-hydrogen) atoms. The van der Waals surface area contributed by atoms with Gasteiger partial charge in [-0.05, 0) is 92.4 Å². The van der Waals surface area contributed by atoms with Crippen molar-refractivity contribution in [3.05, 3.63) is 94.1 Å². The number of nitrogens with one attached hydrogen (secondary N) is 1. The number of rotatable bonds is 10.